The van der Waals surface area contributed by atoms with E-state index in [2.05, 4.69) is 30.7 Å². The van der Waals surface area contributed by atoms with Crippen LogP contribution in [0.1, 0.15) is 61.6 Å². The van der Waals surface area contributed by atoms with E-state index in [1.807, 2.05) is 6.07 Å². The molecule has 1 amide bonds. The third-order valence-corrected chi connectivity index (χ3v) is 5.19. The third-order valence-electron chi connectivity index (χ3n) is 5.19. The standard InChI is InChI=1S/C17H25N3O2/c1-4-13-6-15-12(5-11(9-18-15)16(21)19-22)10-20(13)14-7-17(2,3)8-14/h5,9,13-14,22H,4,6-8,10H2,1-3H3,(H,19,21)/t13-/m0/s1. The first-order valence-corrected chi connectivity index (χ1v) is 8.11. The second kappa shape index (κ2) is 5.63. The fourth-order valence-electron chi connectivity index (χ4n) is 3.97. The molecular formula is C17H25N3O2. The number of fused-ring (bicyclic) bond motifs is 1. The normalized spacial score (nSPS) is 24.5. The van der Waals surface area contributed by atoms with Crippen molar-refractivity contribution in [3.05, 3.63) is 29.1 Å². The molecule has 0 aromatic carbocycles. The summed E-state index contributed by atoms with van der Waals surface area (Å²) in [7, 11) is 0. The number of carbonyl (C=O) groups is 1. The second-order valence-electron chi connectivity index (χ2n) is 7.44. The minimum Gasteiger partial charge on any atom is -0.293 e. The van der Waals surface area contributed by atoms with Crippen LogP contribution in [-0.4, -0.2) is 33.1 Å². The number of amides is 1. The average molecular weight is 303 g/mol. The Bertz CT molecular complexity index is 577. The van der Waals surface area contributed by atoms with E-state index in [9.17, 15) is 4.79 Å². The molecule has 2 aliphatic rings. The Balaban J connectivity index is 1.83. The van der Waals surface area contributed by atoms with Gasteiger partial charge in [-0.3, -0.25) is 19.9 Å². The maximum atomic E-state index is 11.6. The zero-order valence-electron chi connectivity index (χ0n) is 13.6. The number of nitrogens with one attached hydrogen (secondary N) is 1. The van der Waals surface area contributed by atoms with Crippen molar-refractivity contribution in [1.29, 1.82) is 0 Å². The largest absolute Gasteiger partial charge is 0.293 e. The lowest BCUT2D eigenvalue weighted by Gasteiger charge is -2.52. The summed E-state index contributed by atoms with van der Waals surface area (Å²) in [4.78, 5) is 18.6. The molecule has 3 rings (SSSR count). The Morgan fingerprint density at radius 1 is 1.50 bits per heavy atom. The van der Waals surface area contributed by atoms with Crippen LogP contribution in [0.2, 0.25) is 0 Å². The van der Waals surface area contributed by atoms with Crippen molar-refractivity contribution in [2.75, 3.05) is 0 Å². The van der Waals surface area contributed by atoms with Crippen LogP contribution < -0.4 is 5.48 Å². The molecule has 1 aliphatic heterocycles. The minimum absolute atomic E-state index is 0.421. The number of carbonyl (C=O) groups excluding carboxylic acids is 1. The van der Waals surface area contributed by atoms with Crippen molar-refractivity contribution >= 4 is 5.91 Å². The summed E-state index contributed by atoms with van der Waals surface area (Å²) < 4.78 is 0. The van der Waals surface area contributed by atoms with Crippen molar-refractivity contribution in [3.8, 4) is 0 Å². The fraction of sp³-hybridized carbons (Fsp3) is 0.647. The van der Waals surface area contributed by atoms with Gasteiger partial charge in [-0.1, -0.05) is 20.8 Å². The highest BCUT2D eigenvalue weighted by molar-refractivity contribution is 5.93. The molecule has 1 aromatic rings. The van der Waals surface area contributed by atoms with E-state index in [4.69, 9.17) is 5.21 Å². The van der Waals surface area contributed by atoms with E-state index in [1.54, 1.807) is 11.7 Å². The molecule has 2 heterocycles. The molecule has 0 spiro atoms. The van der Waals surface area contributed by atoms with Crippen LogP contribution in [0.15, 0.2) is 12.3 Å². The highest BCUT2D eigenvalue weighted by Gasteiger charge is 2.42. The van der Waals surface area contributed by atoms with Gasteiger partial charge in [0.2, 0.25) is 0 Å². The smallest absolute Gasteiger partial charge is 0.276 e. The lowest BCUT2D eigenvalue weighted by atomic mass is 9.67. The molecule has 1 saturated carbocycles. The molecule has 0 saturated heterocycles. The van der Waals surface area contributed by atoms with Crippen LogP contribution >= 0.6 is 0 Å². The summed E-state index contributed by atoms with van der Waals surface area (Å²) in [5.41, 5.74) is 4.78. The highest BCUT2D eigenvalue weighted by atomic mass is 16.5. The van der Waals surface area contributed by atoms with Crippen LogP contribution in [0.4, 0.5) is 0 Å². The SMILES string of the molecule is CC[C@H]1Cc2ncc(C(=O)NO)cc2CN1C1CC(C)(C)C1. The summed E-state index contributed by atoms with van der Waals surface area (Å²) in [6.07, 6.45) is 6.10. The summed E-state index contributed by atoms with van der Waals surface area (Å²) in [5, 5.41) is 8.78. The van der Waals surface area contributed by atoms with Gasteiger partial charge in [0.05, 0.1) is 5.56 Å². The molecule has 5 heteroatoms. The molecule has 1 aliphatic carbocycles. The van der Waals surface area contributed by atoms with E-state index in [0.29, 0.717) is 23.1 Å². The van der Waals surface area contributed by atoms with Gasteiger partial charge in [-0.2, -0.15) is 0 Å². The van der Waals surface area contributed by atoms with Crippen molar-refractivity contribution in [2.24, 2.45) is 5.41 Å². The minimum atomic E-state index is -0.496. The summed E-state index contributed by atoms with van der Waals surface area (Å²) in [6, 6.07) is 3.05. The summed E-state index contributed by atoms with van der Waals surface area (Å²) in [5.74, 6) is -0.496. The van der Waals surface area contributed by atoms with Crippen molar-refractivity contribution in [3.63, 3.8) is 0 Å². The van der Waals surface area contributed by atoms with Gasteiger partial charge in [0.15, 0.2) is 0 Å². The van der Waals surface area contributed by atoms with Gasteiger partial charge in [-0.15, -0.1) is 0 Å². The molecular weight excluding hydrogens is 278 g/mol. The van der Waals surface area contributed by atoms with Gasteiger partial charge < -0.3 is 0 Å². The van der Waals surface area contributed by atoms with E-state index in [1.165, 1.54) is 12.8 Å². The molecule has 0 radical (unpaired) electrons. The lowest BCUT2D eigenvalue weighted by Crippen LogP contribution is -2.54. The predicted octanol–water partition coefficient (Wildman–Crippen LogP) is 2.53. The third kappa shape index (κ3) is 2.75. The van der Waals surface area contributed by atoms with Crippen LogP contribution in [0, 0.1) is 5.41 Å². The van der Waals surface area contributed by atoms with Crippen LogP contribution in [0.25, 0.3) is 0 Å². The van der Waals surface area contributed by atoms with Gasteiger partial charge >= 0.3 is 0 Å². The zero-order chi connectivity index (χ0) is 15.9. The fourth-order valence-corrected chi connectivity index (χ4v) is 3.97. The van der Waals surface area contributed by atoms with Crippen LogP contribution in [0.5, 0.6) is 0 Å². The highest BCUT2D eigenvalue weighted by Crippen LogP contribution is 2.45. The Morgan fingerprint density at radius 2 is 2.23 bits per heavy atom. The van der Waals surface area contributed by atoms with Gasteiger partial charge in [-0.25, -0.2) is 5.48 Å². The first kappa shape index (κ1) is 15.4. The maximum Gasteiger partial charge on any atom is 0.276 e. The zero-order valence-corrected chi connectivity index (χ0v) is 13.6. The Morgan fingerprint density at radius 3 is 2.82 bits per heavy atom. The topological polar surface area (TPSA) is 65.5 Å². The van der Waals surface area contributed by atoms with E-state index in [0.717, 1.165) is 30.6 Å². The quantitative estimate of drug-likeness (QED) is 0.665. The molecule has 0 bridgehead atoms. The Hall–Kier alpha value is -1.46. The summed E-state index contributed by atoms with van der Waals surface area (Å²) >= 11 is 0. The molecule has 120 valence electrons. The number of hydrogen-bond donors (Lipinski definition) is 2. The van der Waals surface area contributed by atoms with Crippen molar-refractivity contribution in [1.82, 2.24) is 15.4 Å². The number of hydroxylamine groups is 1. The Kier molecular flexibility index (Phi) is 3.95. The van der Waals surface area contributed by atoms with Crippen LogP contribution in [-0.2, 0) is 13.0 Å². The number of pyridine rings is 1. The predicted molar refractivity (Wildman–Crippen MR) is 83.6 cm³/mol. The molecule has 2 N–H and O–H groups in total. The van der Waals surface area contributed by atoms with Gasteiger partial charge in [-0.05, 0) is 36.3 Å². The lowest BCUT2D eigenvalue weighted by molar-refractivity contribution is -0.0129. The monoisotopic (exact) mass is 303 g/mol. The summed E-state index contributed by atoms with van der Waals surface area (Å²) in [6.45, 7) is 7.75. The number of hydrogen-bond acceptors (Lipinski definition) is 4. The molecule has 5 nitrogen and oxygen atoms in total. The van der Waals surface area contributed by atoms with E-state index >= 15 is 0 Å². The van der Waals surface area contributed by atoms with Crippen molar-refractivity contribution < 1.29 is 10.0 Å². The van der Waals surface area contributed by atoms with Gasteiger partial charge in [0.1, 0.15) is 0 Å². The number of rotatable bonds is 3. The first-order chi connectivity index (χ1) is 10.4. The molecule has 0 unspecified atom stereocenters. The van der Waals surface area contributed by atoms with E-state index in [-0.39, 0.29) is 0 Å². The van der Waals surface area contributed by atoms with Crippen LogP contribution in [0.3, 0.4) is 0 Å². The molecule has 22 heavy (non-hydrogen) atoms. The molecule has 1 atom stereocenters. The molecule has 1 aromatic heterocycles. The first-order valence-electron chi connectivity index (χ1n) is 8.11. The van der Waals surface area contributed by atoms with Gasteiger partial charge in [0.25, 0.3) is 5.91 Å². The average Bonchev–Trinajstić information content (AvgIpc) is 2.49. The number of nitrogens with zero attached hydrogens (tertiary/aromatic N) is 2. The van der Waals surface area contributed by atoms with Crippen molar-refractivity contribution in [2.45, 2.75) is 65.1 Å². The second-order valence-corrected chi connectivity index (χ2v) is 7.44. The van der Waals surface area contributed by atoms with E-state index < -0.39 is 5.91 Å². The number of aromatic nitrogens is 1. The molecule has 1 fully saturated rings. The van der Waals surface area contributed by atoms with Gasteiger partial charge in [0, 0.05) is 36.9 Å². The maximum absolute atomic E-state index is 11.6. The Labute approximate surface area is 131 Å².